The number of nitrogens with one attached hydrogen (secondary N) is 2. The molecule has 11 heteroatoms. The van der Waals surface area contributed by atoms with E-state index in [1.165, 1.54) is 17.6 Å². The van der Waals surface area contributed by atoms with Crippen LogP contribution < -0.4 is 10.6 Å². The molecule has 1 aliphatic heterocycles. The van der Waals surface area contributed by atoms with Gasteiger partial charge >= 0.3 is 6.03 Å². The average molecular weight is 474 g/mol. The van der Waals surface area contributed by atoms with E-state index in [0.717, 1.165) is 0 Å². The van der Waals surface area contributed by atoms with Crippen molar-refractivity contribution in [3.63, 3.8) is 0 Å². The molecule has 9 nitrogen and oxygen atoms in total. The van der Waals surface area contributed by atoms with Gasteiger partial charge in [0.1, 0.15) is 0 Å². The summed E-state index contributed by atoms with van der Waals surface area (Å²) in [6, 6.07) is 9.66. The minimum absolute atomic E-state index is 0.0738. The molecule has 2 aromatic heterocycles. The van der Waals surface area contributed by atoms with Crippen LogP contribution >= 0.6 is 22.9 Å². The van der Waals surface area contributed by atoms with E-state index in [2.05, 4.69) is 15.6 Å². The molecule has 1 fully saturated rings. The van der Waals surface area contributed by atoms with Crippen LogP contribution in [0.15, 0.2) is 52.5 Å². The van der Waals surface area contributed by atoms with Gasteiger partial charge in [0, 0.05) is 42.3 Å². The van der Waals surface area contributed by atoms with Crippen molar-refractivity contribution in [2.75, 3.05) is 36.8 Å². The number of hydrogen-bond donors (Lipinski definition) is 2. The summed E-state index contributed by atoms with van der Waals surface area (Å²) in [5.41, 5.74) is 1.14. The van der Waals surface area contributed by atoms with Crippen LogP contribution in [0.4, 0.5) is 15.6 Å². The van der Waals surface area contributed by atoms with E-state index >= 15 is 0 Å². The SMILES string of the molecule is O=C(Nc1cccc(Cl)c1)Nc1nc(CC(=O)N2CCN(C(=O)c3ccco3)CC2)cs1. The normalized spacial score (nSPS) is 13.7. The average Bonchev–Trinajstić information content (AvgIpc) is 3.46. The standard InChI is InChI=1S/C21H20ClN5O4S/c22-14-3-1-4-15(11-14)23-20(30)25-21-24-16(13-32-21)12-18(28)26-6-8-27(9-7-26)19(29)17-5-2-10-31-17/h1-5,10-11,13H,6-9,12H2,(H2,23,24,25,30). The van der Waals surface area contributed by atoms with Crippen LogP contribution in [-0.2, 0) is 11.2 Å². The van der Waals surface area contributed by atoms with Crippen molar-refractivity contribution in [2.24, 2.45) is 0 Å². The number of aromatic nitrogens is 1. The Morgan fingerprint density at radius 1 is 1.06 bits per heavy atom. The highest BCUT2D eigenvalue weighted by Gasteiger charge is 2.26. The van der Waals surface area contributed by atoms with E-state index < -0.39 is 6.03 Å². The summed E-state index contributed by atoms with van der Waals surface area (Å²) >= 11 is 7.15. The molecular weight excluding hydrogens is 454 g/mol. The van der Waals surface area contributed by atoms with E-state index in [0.29, 0.717) is 53.5 Å². The Morgan fingerprint density at radius 2 is 1.84 bits per heavy atom. The number of amides is 4. The first kappa shape index (κ1) is 21.8. The molecule has 166 valence electrons. The first-order valence-electron chi connectivity index (χ1n) is 9.86. The lowest BCUT2D eigenvalue weighted by Gasteiger charge is -2.34. The fraction of sp³-hybridized carbons (Fsp3) is 0.238. The quantitative estimate of drug-likeness (QED) is 0.589. The van der Waals surface area contributed by atoms with Crippen LogP contribution in [0.1, 0.15) is 16.2 Å². The van der Waals surface area contributed by atoms with Crippen LogP contribution in [0.3, 0.4) is 0 Å². The number of urea groups is 1. The van der Waals surface area contributed by atoms with Gasteiger partial charge in [0.2, 0.25) is 5.91 Å². The number of thiazole rings is 1. The van der Waals surface area contributed by atoms with Gasteiger partial charge in [-0.15, -0.1) is 11.3 Å². The predicted octanol–water partition coefficient (Wildman–Crippen LogP) is 3.56. The Labute approximate surface area is 193 Å². The molecule has 1 saturated heterocycles. The second kappa shape index (κ2) is 9.84. The summed E-state index contributed by atoms with van der Waals surface area (Å²) in [5, 5.41) is 7.97. The third kappa shape index (κ3) is 5.45. The molecule has 4 amide bonds. The van der Waals surface area contributed by atoms with Crippen LogP contribution in [-0.4, -0.2) is 58.8 Å². The molecule has 0 saturated carbocycles. The molecule has 0 bridgehead atoms. The van der Waals surface area contributed by atoms with Crippen molar-refractivity contribution in [3.05, 3.63) is 64.5 Å². The van der Waals surface area contributed by atoms with Crippen LogP contribution in [0, 0.1) is 0 Å². The second-order valence-electron chi connectivity index (χ2n) is 7.06. The molecule has 0 unspecified atom stereocenters. The monoisotopic (exact) mass is 473 g/mol. The molecule has 0 spiro atoms. The number of anilines is 2. The molecule has 1 aromatic carbocycles. The van der Waals surface area contributed by atoms with Gasteiger partial charge in [0.25, 0.3) is 5.91 Å². The maximum Gasteiger partial charge on any atom is 0.325 e. The van der Waals surface area contributed by atoms with E-state index in [9.17, 15) is 14.4 Å². The predicted molar refractivity (Wildman–Crippen MR) is 121 cm³/mol. The minimum atomic E-state index is -0.447. The van der Waals surface area contributed by atoms with Gasteiger partial charge in [0.15, 0.2) is 10.9 Å². The van der Waals surface area contributed by atoms with E-state index in [-0.39, 0.29) is 18.2 Å². The van der Waals surface area contributed by atoms with Crippen LogP contribution in [0.2, 0.25) is 5.02 Å². The summed E-state index contributed by atoms with van der Waals surface area (Å²) in [6.45, 7) is 1.78. The molecule has 4 rings (SSSR count). The number of carbonyl (C=O) groups is 3. The van der Waals surface area contributed by atoms with Crippen LogP contribution in [0.5, 0.6) is 0 Å². The molecule has 0 atom stereocenters. The fourth-order valence-corrected chi connectivity index (χ4v) is 4.15. The Morgan fingerprint density at radius 3 is 2.56 bits per heavy atom. The van der Waals surface area contributed by atoms with Gasteiger partial charge in [-0.2, -0.15) is 0 Å². The number of carbonyl (C=O) groups excluding carboxylic acids is 3. The van der Waals surface area contributed by atoms with Gasteiger partial charge in [-0.1, -0.05) is 17.7 Å². The first-order valence-corrected chi connectivity index (χ1v) is 11.1. The Hall–Kier alpha value is -3.37. The Kier molecular flexibility index (Phi) is 6.72. The van der Waals surface area contributed by atoms with E-state index in [1.807, 2.05) is 0 Å². The molecule has 32 heavy (non-hydrogen) atoms. The lowest BCUT2D eigenvalue weighted by Crippen LogP contribution is -2.50. The highest BCUT2D eigenvalue weighted by molar-refractivity contribution is 7.14. The van der Waals surface area contributed by atoms with Crippen molar-refractivity contribution in [3.8, 4) is 0 Å². The van der Waals surface area contributed by atoms with Crippen molar-refractivity contribution in [2.45, 2.75) is 6.42 Å². The number of hydrogen-bond acceptors (Lipinski definition) is 6. The molecule has 0 aliphatic carbocycles. The maximum atomic E-state index is 12.6. The number of furan rings is 1. The lowest BCUT2D eigenvalue weighted by molar-refractivity contribution is -0.132. The van der Waals surface area contributed by atoms with E-state index in [4.69, 9.17) is 16.0 Å². The Balaban J connectivity index is 1.25. The zero-order valence-corrected chi connectivity index (χ0v) is 18.5. The molecule has 0 radical (unpaired) electrons. The summed E-state index contributed by atoms with van der Waals surface area (Å²) in [6.07, 6.45) is 1.59. The maximum absolute atomic E-state index is 12.6. The number of benzene rings is 1. The van der Waals surface area contributed by atoms with Gasteiger partial charge in [-0.3, -0.25) is 14.9 Å². The Bertz CT molecular complexity index is 1110. The molecule has 3 aromatic rings. The smallest absolute Gasteiger partial charge is 0.325 e. The van der Waals surface area contributed by atoms with Gasteiger partial charge < -0.3 is 19.5 Å². The molecular formula is C21H20ClN5O4S. The van der Waals surface area contributed by atoms with Crippen molar-refractivity contribution < 1.29 is 18.8 Å². The van der Waals surface area contributed by atoms with Crippen LogP contribution in [0.25, 0.3) is 0 Å². The highest BCUT2D eigenvalue weighted by atomic mass is 35.5. The first-order chi connectivity index (χ1) is 15.5. The summed E-state index contributed by atoms with van der Waals surface area (Å²) < 4.78 is 5.15. The molecule has 2 N–H and O–H groups in total. The highest BCUT2D eigenvalue weighted by Crippen LogP contribution is 2.19. The lowest BCUT2D eigenvalue weighted by atomic mass is 10.2. The van der Waals surface area contributed by atoms with Gasteiger partial charge in [-0.05, 0) is 30.3 Å². The number of nitrogens with zero attached hydrogens (tertiary/aromatic N) is 3. The van der Waals surface area contributed by atoms with Gasteiger partial charge in [0.05, 0.1) is 18.4 Å². The summed E-state index contributed by atoms with van der Waals surface area (Å²) in [5.74, 6) is 0.0513. The summed E-state index contributed by atoms with van der Waals surface area (Å²) in [4.78, 5) is 44.8. The fourth-order valence-electron chi connectivity index (χ4n) is 3.25. The zero-order valence-electron chi connectivity index (χ0n) is 16.9. The number of piperazine rings is 1. The van der Waals surface area contributed by atoms with Crippen molar-refractivity contribution in [1.82, 2.24) is 14.8 Å². The zero-order chi connectivity index (χ0) is 22.5. The van der Waals surface area contributed by atoms with E-state index in [1.54, 1.807) is 51.6 Å². The second-order valence-corrected chi connectivity index (χ2v) is 8.36. The molecule has 3 heterocycles. The van der Waals surface area contributed by atoms with Gasteiger partial charge in [-0.25, -0.2) is 9.78 Å². The largest absolute Gasteiger partial charge is 0.459 e. The third-order valence-corrected chi connectivity index (χ3v) is 5.88. The third-order valence-electron chi connectivity index (χ3n) is 4.84. The summed E-state index contributed by atoms with van der Waals surface area (Å²) in [7, 11) is 0. The van der Waals surface area contributed by atoms with Crippen molar-refractivity contribution >= 4 is 51.6 Å². The topological polar surface area (TPSA) is 108 Å². The number of rotatable bonds is 5. The van der Waals surface area contributed by atoms with Crippen molar-refractivity contribution in [1.29, 1.82) is 0 Å². The molecule has 1 aliphatic rings. The minimum Gasteiger partial charge on any atom is -0.459 e. The number of halogens is 1.